The molecule has 1 aromatic carbocycles. The molecule has 2 aromatic heterocycles. The number of hydrogen-bond donors (Lipinski definition) is 1. The number of carbonyl (C=O) groups excluding carboxylic acids is 1. The van der Waals surface area contributed by atoms with Crippen molar-refractivity contribution in [1.82, 2.24) is 30.0 Å². The molecule has 0 aliphatic carbocycles. The summed E-state index contributed by atoms with van der Waals surface area (Å²) in [5.74, 6) is 0.933. The van der Waals surface area contributed by atoms with Crippen molar-refractivity contribution in [2.75, 3.05) is 5.32 Å². The highest BCUT2D eigenvalue weighted by atomic mass is 16.2. The highest BCUT2D eigenvalue weighted by Gasteiger charge is 2.13. The third-order valence-corrected chi connectivity index (χ3v) is 3.72. The monoisotopic (exact) mass is 325 g/mol. The van der Waals surface area contributed by atoms with Gasteiger partial charge < -0.3 is 5.32 Å². The highest BCUT2D eigenvalue weighted by Crippen LogP contribution is 2.16. The van der Waals surface area contributed by atoms with Crippen LogP contribution in [0, 0.1) is 0 Å². The third-order valence-electron chi connectivity index (χ3n) is 3.72. The first kappa shape index (κ1) is 15.9. The van der Waals surface area contributed by atoms with E-state index in [4.69, 9.17) is 0 Å². The molecule has 0 fully saturated rings. The standard InChI is InChI=1S/C16H19N7O/c1-3-12(2)23-14(9-10-17-23)18-15(24)11-22-20-16(19-21-22)13-7-5-4-6-8-13/h4-10,12H,3,11H2,1-2H3,(H,18,24). The van der Waals surface area contributed by atoms with E-state index < -0.39 is 0 Å². The van der Waals surface area contributed by atoms with Crippen LogP contribution in [0.3, 0.4) is 0 Å². The fourth-order valence-electron chi connectivity index (χ4n) is 2.26. The molecular weight excluding hydrogens is 306 g/mol. The van der Waals surface area contributed by atoms with Gasteiger partial charge in [-0.25, -0.2) is 4.68 Å². The minimum absolute atomic E-state index is 0.00841. The third kappa shape index (κ3) is 3.48. The average molecular weight is 325 g/mol. The molecule has 0 saturated heterocycles. The van der Waals surface area contributed by atoms with Gasteiger partial charge in [0.05, 0.1) is 12.2 Å². The van der Waals surface area contributed by atoms with E-state index >= 15 is 0 Å². The smallest absolute Gasteiger partial charge is 0.249 e. The summed E-state index contributed by atoms with van der Waals surface area (Å²) in [6.07, 6.45) is 2.60. The van der Waals surface area contributed by atoms with E-state index in [2.05, 4.69) is 32.7 Å². The largest absolute Gasteiger partial charge is 0.309 e. The van der Waals surface area contributed by atoms with Crippen molar-refractivity contribution in [2.24, 2.45) is 0 Å². The summed E-state index contributed by atoms with van der Waals surface area (Å²) in [6.45, 7) is 4.11. The second-order valence-electron chi connectivity index (χ2n) is 5.48. The normalized spacial score (nSPS) is 12.1. The van der Waals surface area contributed by atoms with Gasteiger partial charge in [-0.1, -0.05) is 37.3 Å². The van der Waals surface area contributed by atoms with Crippen molar-refractivity contribution in [1.29, 1.82) is 0 Å². The van der Waals surface area contributed by atoms with Crippen LogP contribution in [-0.2, 0) is 11.3 Å². The van der Waals surface area contributed by atoms with Gasteiger partial charge in [0.15, 0.2) is 0 Å². The molecule has 3 rings (SSSR count). The zero-order chi connectivity index (χ0) is 16.9. The number of carbonyl (C=O) groups is 1. The minimum atomic E-state index is -0.225. The molecule has 0 bridgehead atoms. The summed E-state index contributed by atoms with van der Waals surface area (Å²) in [7, 11) is 0. The first-order valence-corrected chi connectivity index (χ1v) is 7.84. The Morgan fingerprint density at radius 2 is 2.04 bits per heavy atom. The van der Waals surface area contributed by atoms with Gasteiger partial charge in [0.25, 0.3) is 0 Å². The lowest BCUT2D eigenvalue weighted by Crippen LogP contribution is -2.23. The summed E-state index contributed by atoms with van der Waals surface area (Å²) in [4.78, 5) is 13.5. The van der Waals surface area contributed by atoms with E-state index in [1.54, 1.807) is 16.9 Å². The van der Waals surface area contributed by atoms with Gasteiger partial charge in [-0.3, -0.25) is 4.79 Å². The van der Waals surface area contributed by atoms with E-state index in [0.29, 0.717) is 11.6 Å². The molecule has 1 N–H and O–H groups in total. The van der Waals surface area contributed by atoms with Crippen molar-refractivity contribution in [3.05, 3.63) is 42.6 Å². The SMILES string of the molecule is CCC(C)n1nccc1NC(=O)Cn1nnc(-c2ccccc2)n1. The van der Waals surface area contributed by atoms with Crippen molar-refractivity contribution < 1.29 is 4.79 Å². The van der Waals surface area contributed by atoms with Gasteiger partial charge >= 0.3 is 0 Å². The number of hydrogen-bond acceptors (Lipinski definition) is 5. The molecule has 8 nitrogen and oxygen atoms in total. The topological polar surface area (TPSA) is 90.5 Å². The Morgan fingerprint density at radius 1 is 1.25 bits per heavy atom. The molecule has 0 saturated carbocycles. The van der Waals surface area contributed by atoms with Crippen LogP contribution in [0.15, 0.2) is 42.6 Å². The lowest BCUT2D eigenvalue weighted by Gasteiger charge is -2.13. The number of anilines is 1. The maximum Gasteiger partial charge on any atom is 0.249 e. The Balaban J connectivity index is 1.66. The first-order chi connectivity index (χ1) is 11.7. The number of nitrogens with zero attached hydrogens (tertiary/aromatic N) is 6. The molecule has 3 aromatic rings. The first-order valence-electron chi connectivity index (χ1n) is 7.84. The van der Waals surface area contributed by atoms with Crippen LogP contribution < -0.4 is 5.32 Å². The maximum atomic E-state index is 12.2. The molecule has 1 amide bonds. The van der Waals surface area contributed by atoms with Crippen molar-refractivity contribution in [2.45, 2.75) is 32.9 Å². The van der Waals surface area contributed by atoms with Crippen LogP contribution >= 0.6 is 0 Å². The van der Waals surface area contributed by atoms with Crippen molar-refractivity contribution in [3.8, 4) is 11.4 Å². The van der Waals surface area contributed by atoms with Gasteiger partial charge in [-0.15, -0.1) is 10.2 Å². The molecule has 0 aliphatic heterocycles. The molecule has 1 unspecified atom stereocenters. The fraction of sp³-hybridized carbons (Fsp3) is 0.312. The number of nitrogens with one attached hydrogen (secondary N) is 1. The molecule has 0 radical (unpaired) electrons. The van der Waals surface area contributed by atoms with Gasteiger partial charge in [-0.2, -0.15) is 9.90 Å². The summed E-state index contributed by atoms with van der Waals surface area (Å²) < 4.78 is 1.79. The Bertz CT molecular complexity index is 809. The lowest BCUT2D eigenvalue weighted by molar-refractivity contribution is -0.117. The average Bonchev–Trinajstić information content (AvgIpc) is 3.24. The Morgan fingerprint density at radius 3 is 2.79 bits per heavy atom. The molecule has 2 heterocycles. The number of aromatic nitrogens is 6. The Labute approximate surface area is 139 Å². The van der Waals surface area contributed by atoms with Crippen LogP contribution in [-0.4, -0.2) is 35.9 Å². The van der Waals surface area contributed by atoms with Gasteiger partial charge in [0, 0.05) is 11.6 Å². The van der Waals surface area contributed by atoms with Crippen LogP contribution in [0.25, 0.3) is 11.4 Å². The predicted molar refractivity (Wildman–Crippen MR) is 89.1 cm³/mol. The summed E-state index contributed by atoms with van der Waals surface area (Å²) >= 11 is 0. The van der Waals surface area contributed by atoms with E-state index in [9.17, 15) is 4.79 Å². The number of benzene rings is 1. The lowest BCUT2D eigenvalue weighted by atomic mass is 10.2. The molecule has 24 heavy (non-hydrogen) atoms. The summed E-state index contributed by atoms with van der Waals surface area (Å²) in [5.41, 5.74) is 0.860. The minimum Gasteiger partial charge on any atom is -0.309 e. The predicted octanol–water partition coefficient (Wildman–Crippen LogP) is 2.15. The van der Waals surface area contributed by atoms with Gasteiger partial charge in [-0.05, 0) is 18.6 Å². The second kappa shape index (κ2) is 7.03. The zero-order valence-corrected chi connectivity index (χ0v) is 13.6. The van der Waals surface area contributed by atoms with Gasteiger partial charge in [0.1, 0.15) is 12.4 Å². The highest BCUT2D eigenvalue weighted by molar-refractivity contribution is 5.89. The molecular formula is C16H19N7O. The van der Waals surface area contributed by atoms with Crippen LogP contribution in [0.1, 0.15) is 26.3 Å². The van der Waals surface area contributed by atoms with E-state index in [-0.39, 0.29) is 18.5 Å². The van der Waals surface area contributed by atoms with Crippen molar-refractivity contribution >= 4 is 11.7 Å². The van der Waals surface area contributed by atoms with E-state index in [1.807, 2.05) is 37.3 Å². The number of rotatable bonds is 6. The zero-order valence-electron chi connectivity index (χ0n) is 13.6. The van der Waals surface area contributed by atoms with Crippen LogP contribution in [0.5, 0.6) is 0 Å². The molecule has 124 valence electrons. The molecule has 0 spiro atoms. The molecule has 0 aliphatic rings. The second-order valence-corrected chi connectivity index (χ2v) is 5.48. The Kier molecular flexibility index (Phi) is 4.64. The number of amides is 1. The summed E-state index contributed by atoms with van der Waals surface area (Å²) in [5, 5.41) is 19.2. The molecule has 8 heteroatoms. The van der Waals surface area contributed by atoms with Gasteiger partial charge in [0.2, 0.25) is 11.7 Å². The van der Waals surface area contributed by atoms with Crippen molar-refractivity contribution in [3.63, 3.8) is 0 Å². The van der Waals surface area contributed by atoms with Crippen LogP contribution in [0.4, 0.5) is 5.82 Å². The molecule has 1 atom stereocenters. The van der Waals surface area contributed by atoms with Crippen LogP contribution in [0.2, 0.25) is 0 Å². The maximum absolute atomic E-state index is 12.2. The Hall–Kier alpha value is -3.03. The fourth-order valence-corrected chi connectivity index (χ4v) is 2.26. The van der Waals surface area contributed by atoms with E-state index in [1.165, 1.54) is 4.80 Å². The summed E-state index contributed by atoms with van der Waals surface area (Å²) in [6, 6.07) is 11.5. The number of tetrazole rings is 1. The van der Waals surface area contributed by atoms with E-state index in [0.717, 1.165) is 12.0 Å². The quantitative estimate of drug-likeness (QED) is 0.750.